The van der Waals surface area contributed by atoms with E-state index in [-0.39, 0.29) is 6.42 Å². The zero-order chi connectivity index (χ0) is 11.1. The lowest BCUT2D eigenvalue weighted by molar-refractivity contribution is -0.137. The van der Waals surface area contributed by atoms with Crippen molar-refractivity contribution in [1.82, 2.24) is 15.0 Å². The van der Waals surface area contributed by atoms with Crippen LogP contribution in [0.3, 0.4) is 0 Å². The average molecular weight is 211 g/mol. The molecule has 0 spiro atoms. The standard InChI is InChI=1S/C10H17N3O2/c1-13-8-9(11-12-13)6-4-2-3-5-7-10(14)15/h8H,2-7H2,1H3,(H,14,15). The van der Waals surface area contributed by atoms with Crippen molar-refractivity contribution in [2.24, 2.45) is 7.05 Å². The molecule has 0 unspecified atom stereocenters. The van der Waals surface area contributed by atoms with E-state index in [1.807, 2.05) is 13.2 Å². The van der Waals surface area contributed by atoms with Crippen molar-refractivity contribution in [3.05, 3.63) is 11.9 Å². The van der Waals surface area contributed by atoms with E-state index in [4.69, 9.17) is 5.11 Å². The van der Waals surface area contributed by atoms with Gasteiger partial charge in [0.05, 0.1) is 5.69 Å². The van der Waals surface area contributed by atoms with Crippen molar-refractivity contribution < 1.29 is 9.90 Å². The van der Waals surface area contributed by atoms with Crippen LogP contribution in [0.1, 0.15) is 37.8 Å². The van der Waals surface area contributed by atoms with Gasteiger partial charge in [-0.05, 0) is 19.3 Å². The first-order chi connectivity index (χ1) is 7.18. The third-order valence-corrected chi connectivity index (χ3v) is 2.22. The molecule has 1 aromatic heterocycles. The van der Waals surface area contributed by atoms with E-state index in [1.54, 1.807) is 4.68 Å². The Labute approximate surface area is 89.1 Å². The van der Waals surface area contributed by atoms with Crippen LogP contribution in [-0.4, -0.2) is 26.1 Å². The highest BCUT2D eigenvalue weighted by atomic mass is 16.4. The Morgan fingerprint density at radius 3 is 2.73 bits per heavy atom. The molecule has 0 atom stereocenters. The van der Waals surface area contributed by atoms with Gasteiger partial charge in [0, 0.05) is 19.7 Å². The van der Waals surface area contributed by atoms with Crippen LogP contribution >= 0.6 is 0 Å². The smallest absolute Gasteiger partial charge is 0.303 e. The summed E-state index contributed by atoms with van der Waals surface area (Å²) in [6.07, 6.45) is 6.99. The number of hydrogen-bond acceptors (Lipinski definition) is 3. The molecule has 0 bridgehead atoms. The average Bonchev–Trinajstić information content (AvgIpc) is 2.57. The van der Waals surface area contributed by atoms with E-state index in [2.05, 4.69) is 10.3 Å². The zero-order valence-electron chi connectivity index (χ0n) is 9.02. The molecule has 0 fully saturated rings. The second-order valence-corrected chi connectivity index (χ2v) is 3.69. The van der Waals surface area contributed by atoms with Gasteiger partial charge >= 0.3 is 5.97 Å². The lowest BCUT2D eigenvalue weighted by Crippen LogP contribution is -1.94. The van der Waals surface area contributed by atoms with E-state index < -0.39 is 5.97 Å². The van der Waals surface area contributed by atoms with Gasteiger partial charge < -0.3 is 5.11 Å². The van der Waals surface area contributed by atoms with Crippen molar-refractivity contribution in [3.63, 3.8) is 0 Å². The first-order valence-electron chi connectivity index (χ1n) is 5.25. The Bertz CT molecular complexity index is 309. The first kappa shape index (κ1) is 11.7. The lowest BCUT2D eigenvalue weighted by atomic mass is 10.1. The Morgan fingerprint density at radius 2 is 2.13 bits per heavy atom. The molecule has 0 aliphatic rings. The highest BCUT2D eigenvalue weighted by molar-refractivity contribution is 5.66. The summed E-state index contributed by atoms with van der Waals surface area (Å²) in [6, 6.07) is 0. The highest BCUT2D eigenvalue weighted by Crippen LogP contribution is 2.06. The number of carboxylic acid groups (broad SMARTS) is 1. The minimum atomic E-state index is -0.705. The van der Waals surface area contributed by atoms with Gasteiger partial charge in [0.25, 0.3) is 0 Å². The summed E-state index contributed by atoms with van der Waals surface area (Å²) in [4.78, 5) is 10.2. The Balaban J connectivity index is 2.00. The van der Waals surface area contributed by atoms with Crippen LogP contribution in [0.4, 0.5) is 0 Å². The Morgan fingerprint density at radius 1 is 1.40 bits per heavy atom. The summed E-state index contributed by atoms with van der Waals surface area (Å²) in [6.45, 7) is 0. The zero-order valence-corrected chi connectivity index (χ0v) is 9.02. The molecule has 84 valence electrons. The van der Waals surface area contributed by atoms with Crippen LogP contribution in [-0.2, 0) is 18.3 Å². The third-order valence-electron chi connectivity index (χ3n) is 2.22. The maximum atomic E-state index is 10.2. The molecule has 0 amide bonds. The largest absolute Gasteiger partial charge is 0.481 e. The molecule has 15 heavy (non-hydrogen) atoms. The second-order valence-electron chi connectivity index (χ2n) is 3.69. The molecule has 1 aromatic rings. The molecule has 0 aromatic carbocycles. The van der Waals surface area contributed by atoms with Crippen LogP contribution in [0, 0.1) is 0 Å². The molecule has 0 saturated heterocycles. The number of aliphatic carboxylic acids is 1. The van der Waals surface area contributed by atoms with Gasteiger partial charge in [0.15, 0.2) is 0 Å². The predicted octanol–water partition coefficient (Wildman–Crippen LogP) is 1.39. The normalized spacial score (nSPS) is 10.5. The number of carboxylic acids is 1. The fourth-order valence-corrected chi connectivity index (χ4v) is 1.45. The number of unbranched alkanes of at least 4 members (excludes halogenated alkanes) is 3. The molecule has 1 N–H and O–H groups in total. The molecular formula is C10H17N3O2. The van der Waals surface area contributed by atoms with Crippen molar-refractivity contribution >= 4 is 5.97 Å². The molecule has 0 saturated carbocycles. The van der Waals surface area contributed by atoms with Gasteiger partial charge in [-0.2, -0.15) is 0 Å². The van der Waals surface area contributed by atoms with Gasteiger partial charge in [-0.15, -0.1) is 5.10 Å². The molecule has 0 radical (unpaired) electrons. The van der Waals surface area contributed by atoms with E-state index >= 15 is 0 Å². The van der Waals surface area contributed by atoms with E-state index in [9.17, 15) is 4.79 Å². The van der Waals surface area contributed by atoms with Crippen molar-refractivity contribution in [3.8, 4) is 0 Å². The van der Waals surface area contributed by atoms with Crippen molar-refractivity contribution in [1.29, 1.82) is 0 Å². The molecule has 5 nitrogen and oxygen atoms in total. The third kappa shape index (κ3) is 5.15. The Hall–Kier alpha value is -1.39. The number of nitrogens with zero attached hydrogens (tertiary/aromatic N) is 3. The number of aryl methyl sites for hydroxylation is 2. The van der Waals surface area contributed by atoms with Gasteiger partial charge in [-0.25, -0.2) is 0 Å². The summed E-state index contributed by atoms with van der Waals surface area (Å²) in [5.41, 5.74) is 1.01. The van der Waals surface area contributed by atoms with Crippen LogP contribution in [0.25, 0.3) is 0 Å². The minimum absolute atomic E-state index is 0.283. The fourth-order valence-electron chi connectivity index (χ4n) is 1.45. The van der Waals surface area contributed by atoms with E-state index in [1.165, 1.54) is 0 Å². The molecular weight excluding hydrogens is 194 g/mol. The van der Waals surface area contributed by atoms with Crippen molar-refractivity contribution in [2.45, 2.75) is 38.5 Å². The van der Waals surface area contributed by atoms with Crippen LogP contribution in [0.2, 0.25) is 0 Å². The summed E-state index contributed by atoms with van der Waals surface area (Å²) in [7, 11) is 1.85. The fraction of sp³-hybridized carbons (Fsp3) is 0.700. The summed E-state index contributed by atoms with van der Waals surface area (Å²) in [5, 5.41) is 16.3. The SMILES string of the molecule is Cn1cc(CCCCCCC(=O)O)nn1. The topological polar surface area (TPSA) is 68.0 Å². The maximum Gasteiger partial charge on any atom is 0.303 e. The Kier molecular flexibility index (Phi) is 4.80. The van der Waals surface area contributed by atoms with Gasteiger partial charge in [0.1, 0.15) is 0 Å². The molecule has 0 aliphatic heterocycles. The maximum absolute atomic E-state index is 10.2. The second kappa shape index (κ2) is 6.16. The summed E-state index contributed by atoms with van der Waals surface area (Å²) < 4.78 is 1.69. The molecule has 0 aliphatic carbocycles. The van der Waals surface area contributed by atoms with Crippen LogP contribution in [0.5, 0.6) is 0 Å². The summed E-state index contributed by atoms with van der Waals surface area (Å²) >= 11 is 0. The molecule has 1 rings (SSSR count). The van der Waals surface area contributed by atoms with E-state index in [0.29, 0.717) is 0 Å². The number of carbonyl (C=O) groups is 1. The number of aromatic nitrogens is 3. The first-order valence-corrected chi connectivity index (χ1v) is 5.25. The monoisotopic (exact) mass is 211 g/mol. The van der Waals surface area contributed by atoms with Crippen molar-refractivity contribution in [2.75, 3.05) is 0 Å². The quantitative estimate of drug-likeness (QED) is 0.692. The predicted molar refractivity (Wildman–Crippen MR) is 55.4 cm³/mol. The van der Waals surface area contributed by atoms with Gasteiger partial charge in [-0.3, -0.25) is 9.48 Å². The lowest BCUT2D eigenvalue weighted by Gasteiger charge is -1.97. The number of rotatable bonds is 7. The molecule has 5 heteroatoms. The van der Waals surface area contributed by atoms with Gasteiger partial charge in [0.2, 0.25) is 0 Å². The van der Waals surface area contributed by atoms with E-state index in [0.717, 1.165) is 37.8 Å². The van der Waals surface area contributed by atoms with Crippen LogP contribution < -0.4 is 0 Å². The van der Waals surface area contributed by atoms with Crippen LogP contribution in [0.15, 0.2) is 6.20 Å². The highest BCUT2D eigenvalue weighted by Gasteiger charge is 1.99. The minimum Gasteiger partial charge on any atom is -0.481 e. The number of hydrogen-bond donors (Lipinski definition) is 1. The van der Waals surface area contributed by atoms with Gasteiger partial charge in [-0.1, -0.05) is 18.1 Å². The summed E-state index contributed by atoms with van der Waals surface area (Å²) in [5.74, 6) is -0.705. The molecule has 1 heterocycles.